The minimum absolute atomic E-state index is 0.163. The second-order valence-corrected chi connectivity index (χ2v) is 3.42. The van der Waals surface area contributed by atoms with E-state index in [0.717, 1.165) is 0 Å². The highest BCUT2D eigenvalue weighted by Crippen LogP contribution is 1.96. The van der Waals surface area contributed by atoms with Gasteiger partial charge < -0.3 is 19.1 Å². The molecule has 0 amide bonds. The molecular weight excluding hydrogens is 276 g/mol. The van der Waals surface area contributed by atoms with E-state index in [0.29, 0.717) is 0 Å². The fourth-order valence-corrected chi connectivity index (χ4v) is 0.981. The first-order chi connectivity index (χ1) is 9.49. The first-order valence-electron chi connectivity index (χ1n) is 5.60. The zero-order chi connectivity index (χ0) is 15.4. The number of ether oxygens (including phenoxy) is 2. The maximum absolute atomic E-state index is 11.1. The maximum atomic E-state index is 11.1. The third-order valence-corrected chi connectivity index (χ3v) is 1.94. The van der Waals surface area contributed by atoms with Crippen LogP contribution < -0.4 is 11.8 Å². The molecule has 114 valence electrons. The Morgan fingerprint density at radius 3 is 1.20 bits per heavy atom. The van der Waals surface area contributed by atoms with Crippen molar-refractivity contribution in [2.24, 2.45) is 11.8 Å². The number of carbonyl (C=O) groups excluding carboxylic acids is 4. The minimum Gasteiger partial charge on any atom is -0.462 e. The first kappa shape index (κ1) is 17.8. The largest absolute Gasteiger partial charge is 0.462 e. The number of nitrogens with two attached hydrogens (primary N) is 2. The minimum atomic E-state index is -0.736. The van der Waals surface area contributed by atoms with Gasteiger partial charge in [-0.2, -0.15) is 11.8 Å². The van der Waals surface area contributed by atoms with Crippen LogP contribution in [-0.2, 0) is 38.3 Å². The van der Waals surface area contributed by atoms with E-state index in [1.807, 2.05) is 0 Å². The number of hydrogen-bond donors (Lipinski definition) is 2. The SMILES string of the molecule is NOC(=O)CCC(=O)OCCOC(=O)CCC(=O)ON. The molecule has 0 aliphatic rings. The molecule has 0 saturated carbocycles. The lowest BCUT2D eigenvalue weighted by Gasteiger charge is -2.05. The van der Waals surface area contributed by atoms with Crippen molar-refractivity contribution in [3.63, 3.8) is 0 Å². The van der Waals surface area contributed by atoms with Gasteiger partial charge >= 0.3 is 23.9 Å². The van der Waals surface area contributed by atoms with Crippen molar-refractivity contribution in [3.8, 4) is 0 Å². The van der Waals surface area contributed by atoms with Crippen molar-refractivity contribution in [2.75, 3.05) is 13.2 Å². The highest BCUT2D eigenvalue weighted by atomic mass is 16.7. The van der Waals surface area contributed by atoms with E-state index >= 15 is 0 Å². The van der Waals surface area contributed by atoms with Gasteiger partial charge in [0.2, 0.25) is 0 Å². The Hall–Kier alpha value is -2.20. The average molecular weight is 292 g/mol. The first-order valence-corrected chi connectivity index (χ1v) is 5.60. The van der Waals surface area contributed by atoms with Crippen LogP contribution in [-0.4, -0.2) is 37.1 Å². The lowest BCUT2D eigenvalue weighted by atomic mass is 10.3. The molecule has 0 aromatic heterocycles. The van der Waals surface area contributed by atoms with Crippen LogP contribution in [0.5, 0.6) is 0 Å². The highest BCUT2D eigenvalue weighted by Gasteiger charge is 2.10. The Morgan fingerprint density at radius 2 is 0.900 bits per heavy atom. The van der Waals surface area contributed by atoms with Gasteiger partial charge in [-0.1, -0.05) is 0 Å². The maximum Gasteiger partial charge on any atom is 0.325 e. The predicted octanol–water partition coefficient (Wildman–Crippen LogP) is -1.53. The molecular formula is C10H16N2O8. The molecule has 0 aliphatic heterocycles. The molecule has 0 heterocycles. The van der Waals surface area contributed by atoms with E-state index in [-0.39, 0.29) is 38.9 Å². The van der Waals surface area contributed by atoms with Gasteiger partial charge in [-0.05, 0) is 0 Å². The number of rotatable bonds is 9. The van der Waals surface area contributed by atoms with E-state index in [2.05, 4.69) is 30.9 Å². The van der Waals surface area contributed by atoms with Crippen LogP contribution in [0.4, 0.5) is 0 Å². The van der Waals surface area contributed by atoms with E-state index in [9.17, 15) is 19.2 Å². The predicted molar refractivity (Wildman–Crippen MR) is 60.9 cm³/mol. The molecule has 0 rings (SSSR count). The Bertz CT molecular complexity index is 323. The van der Waals surface area contributed by atoms with Crippen LogP contribution in [0.15, 0.2) is 0 Å². The van der Waals surface area contributed by atoms with Gasteiger partial charge in [0, 0.05) is 0 Å². The van der Waals surface area contributed by atoms with Gasteiger partial charge in [0.1, 0.15) is 13.2 Å². The van der Waals surface area contributed by atoms with Gasteiger partial charge in [-0.3, -0.25) is 19.2 Å². The Balaban J connectivity index is 3.55. The van der Waals surface area contributed by atoms with Crippen molar-refractivity contribution >= 4 is 23.9 Å². The van der Waals surface area contributed by atoms with Crippen molar-refractivity contribution < 1.29 is 38.3 Å². The quantitative estimate of drug-likeness (QED) is 0.290. The van der Waals surface area contributed by atoms with E-state index in [1.165, 1.54) is 0 Å². The normalized spacial score (nSPS) is 9.50. The second kappa shape index (κ2) is 10.7. The lowest BCUT2D eigenvalue weighted by Crippen LogP contribution is -2.17. The Kier molecular flexibility index (Phi) is 9.52. The van der Waals surface area contributed by atoms with Gasteiger partial charge in [0.25, 0.3) is 0 Å². The van der Waals surface area contributed by atoms with Crippen molar-refractivity contribution in [3.05, 3.63) is 0 Å². The molecule has 0 aliphatic carbocycles. The van der Waals surface area contributed by atoms with Crippen LogP contribution in [0.2, 0.25) is 0 Å². The third kappa shape index (κ3) is 9.79. The van der Waals surface area contributed by atoms with Crippen LogP contribution in [0.25, 0.3) is 0 Å². The molecule has 0 spiro atoms. The standard InChI is InChI=1S/C10H16N2O8/c11-19-9(15)3-1-7(13)17-5-6-18-8(14)2-4-10(16)20-12/h1-6,11-12H2. The number of carbonyl (C=O) groups is 4. The molecule has 0 unspecified atom stereocenters. The average Bonchev–Trinajstić information content (AvgIpc) is 2.46. The van der Waals surface area contributed by atoms with E-state index in [4.69, 9.17) is 0 Å². The topological polar surface area (TPSA) is 157 Å². The Labute approximate surface area is 114 Å². The van der Waals surface area contributed by atoms with Crippen molar-refractivity contribution in [2.45, 2.75) is 25.7 Å². The summed E-state index contributed by atoms with van der Waals surface area (Å²) in [5, 5.41) is 0. The molecule has 0 saturated heterocycles. The van der Waals surface area contributed by atoms with Gasteiger partial charge in [0.15, 0.2) is 0 Å². The summed E-state index contributed by atoms with van der Waals surface area (Å²) in [6, 6.07) is 0. The highest BCUT2D eigenvalue weighted by molar-refractivity contribution is 5.78. The summed E-state index contributed by atoms with van der Waals surface area (Å²) in [6.45, 7) is -0.326. The van der Waals surface area contributed by atoms with Crippen LogP contribution in [0.3, 0.4) is 0 Å². The van der Waals surface area contributed by atoms with Gasteiger partial charge in [-0.15, -0.1) is 0 Å². The summed E-state index contributed by atoms with van der Waals surface area (Å²) in [4.78, 5) is 51.1. The van der Waals surface area contributed by atoms with Gasteiger partial charge in [-0.25, -0.2) is 0 Å². The van der Waals surface area contributed by atoms with Crippen molar-refractivity contribution in [1.29, 1.82) is 0 Å². The lowest BCUT2D eigenvalue weighted by molar-refractivity contribution is -0.155. The zero-order valence-electron chi connectivity index (χ0n) is 10.7. The summed E-state index contributed by atoms with van der Waals surface area (Å²) in [5.74, 6) is 6.37. The van der Waals surface area contributed by atoms with E-state index in [1.54, 1.807) is 0 Å². The molecule has 0 fully saturated rings. The van der Waals surface area contributed by atoms with Crippen LogP contribution in [0.1, 0.15) is 25.7 Å². The molecule has 10 heteroatoms. The van der Waals surface area contributed by atoms with Gasteiger partial charge in [0.05, 0.1) is 25.7 Å². The fourth-order valence-electron chi connectivity index (χ4n) is 0.981. The summed E-state index contributed by atoms with van der Waals surface area (Å²) in [7, 11) is 0. The fraction of sp³-hybridized carbons (Fsp3) is 0.600. The molecule has 20 heavy (non-hydrogen) atoms. The summed E-state index contributed by atoms with van der Waals surface area (Å²) < 4.78 is 9.32. The Morgan fingerprint density at radius 1 is 0.600 bits per heavy atom. The molecule has 0 radical (unpaired) electrons. The van der Waals surface area contributed by atoms with Crippen LogP contribution in [0, 0.1) is 0 Å². The molecule has 0 atom stereocenters. The zero-order valence-corrected chi connectivity index (χ0v) is 10.7. The molecule has 0 aromatic rings. The summed E-state index contributed by atoms with van der Waals surface area (Å²) in [5.41, 5.74) is 0. The smallest absolute Gasteiger partial charge is 0.325 e. The molecule has 10 nitrogen and oxygen atoms in total. The number of esters is 2. The number of hydrogen-bond acceptors (Lipinski definition) is 10. The molecule has 4 N–H and O–H groups in total. The van der Waals surface area contributed by atoms with Crippen LogP contribution >= 0.6 is 0 Å². The molecule has 0 bridgehead atoms. The second-order valence-electron chi connectivity index (χ2n) is 3.42. The monoisotopic (exact) mass is 292 g/mol. The van der Waals surface area contributed by atoms with Crippen molar-refractivity contribution in [1.82, 2.24) is 0 Å². The van der Waals surface area contributed by atoms with E-state index < -0.39 is 23.9 Å². The summed E-state index contributed by atoms with van der Waals surface area (Å²) >= 11 is 0. The third-order valence-electron chi connectivity index (χ3n) is 1.94. The summed E-state index contributed by atoms with van der Waals surface area (Å²) in [6.07, 6.45) is -0.773. The molecule has 0 aromatic carbocycles.